The third kappa shape index (κ3) is 7.29. The van der Waals surface area contributed by atoms with E-state index in [0.717, 1.165) is 38.7 Å². The van der Waals surface area contributed by atoms with Crippen LogP contribution in [-0.4, -0.2) is 24.3 Å². The molecule has 2 unspecified atom stereocenters. The molecular weight excluding hydrogens is 260 g/mol. The molecule has 0 spiro atoms. The number of rotatable bonds is 10. The average Bonchev–Trinajstić information content (AvgIpc) is 2.46. The van der Waals surface area contributed by atoms with Crippen LogP contribution in [0.1, 0.15) is 85.0 Å². The third-order valence-electron chi connectivity index (χ3n) is 4.34. The van der Waals surface area contributed by atoms with E-state index in [0.29, 0.717) is 6.04 Å². The highest BCUT2D eigenvalue weighted by Crippen LogP contribution is 2.30. The lowest BCUT2D eigenvalue weighted by Gasteiger charge is -2.37. The summed E-state index contributed by atoms with van der Waals surface area (Å²) < 4.78 is 6.04. The summed E-state index contributed by atoms with van der Waals surface area (Å²) in [7, 11) is 0. The Balaban J connectivity index is 2.22. The lowest BCUT2D eigenvalue weighted by molar-refractivity contribution is 0.00606. The molecule has 0 aromatic heterocycles. The van der Waals surface area contributed by atoms with E-state index >= 15 is 0 Å². The summed E-state index contributed by atoms with van der Waals surface area (Å²) in [5.41, 5.74) is -0.363. The fourth-order valence-corrected chi connectivity index (χ4v) is 3.32. The predicted octanol–water partition coefficient (Wildman–Crippen LogP) is 4.57. The second-order valence-electron chi connectivity index (χ2n) is 6.85. The van der Waals surface area contributed by atoms with Crippen LogP contribution in [0.2, 0.25) is 0 Å². The Labute approximate surface area is 131 Å². The van der Waals surface area contributed by atoms with Crippen LogP contribution >= 0.6 is 0 Å². The maximum absolute atomic E-state index is 9.53. The molecule has 122 valence electrons. The molecule has 0 aromatic rings. The molecule has 0 bridgehead atoms. The van der Waals surface area contributed by atoms with Crippen molar-refractivity contribution in [3.63, 3.8) is 0 Å². The second-order valence-corrected chi connectivity index (χ2v) is 6.85. The maximum Gasteiger partial charge on any atom is 0.109 e. The highest BCUT2D eigenvalue weighted by atomic mass is 16.5. The van der Waals surface area contributed by atoms with Gasteiger partial charge in [0.1, 0.15) is 5.54 Å². The second kappa shape index (κ2) is 10.2. The van der Waals surface area contributed by atoms with E-state index < -0.39 is 0 Å². The van der Waals surface area contributed by atoms with Gasteiger partial charge in [-0.05, 0) is 39.5 Å². The van der Waals surface area contributed by atoms with E-state index in [1.54, 1.807) is 0 Å². The van der Waals surface area contributed by atoms with Gasteiger partial charge in [-0.25, -0.2) is 0 Å². The van der Waals surface area contributed by atoms with E-state index in [9.17, 15) is 5.26 Å². The van der Waals surface area contributed by atoms with Gasteiger partial charge in [0.05, 0.1) is 12.2 Å². The Bertz CT molecular complexity index is 311. The van der Waals surface area contributed by atoms with Crippen molar-refractivity contribution < 1.29 is 4.74 Å². The molecule has 3 heteroatoms. The minimum absolute atomic E-state index is 0.264. The molecule has 1 saturated carbocycles. The molecule has 1 aliphatic rings. The van der Waals surface area contributed by atoms with Gasteiger partial charge in [-0.3, -0.25) is 5.32 Å². The summed E-state index contributed by atoms with van der Waals surface area (Å²) in [5.74, 6) is 0. The van der Waals surface area contributed by atoms with Crippen LogP contribution in [-0.2, 0) is 4.74 Å². The zero-order valence-corrected chi connectivity index (χ0v) is 14.3. The van der Waals surface area contributed by atoms with Gasteiger partial charge in [-0.1, -0.05) is 39.0 Å². The van der Waals surface area contributed by atoms with Gasteiger partial charge in [-0.15, -0.1) is 0 Å². The molecule has 1 fully saturated rings. The molecule has 0 radical (unpaired) electrons. The number of nitrogens with one attached hydrogen (secondary N) is 1. The van der Waals surface area contributed by atoms with Crippen LogP contribution in [0.15, 0.2) is 0 Å². The van der Waals surface area contributed by atoms with Gasteiger partial charge in [0.25, 0.3) is 0 Å². The van der Waals surface area contributed by atoms with Gasteiger partial charge >= 0.3 is 0 Å². The minimum atomic E-state index is -0.363. The first-order valence-corrected chi connectivity index (χ1v) is 8.92. The van der Waals surface area contributed by atoms with Crippen molar-refractivity contribution in [2.24, 2.45) is 0 Å². The Hall–Kier alpha value is -0.590. The monoisotopic (exact) mass is 294 g/mol. The summed E-state index contributed by atoms with van der Waals surface area (Å²) >= 11 is 0. The van der Waals surface area contributed by atoms with Gasteiger partial charge < -0.3 is 4.74 Å². The Morgan fingerprint density at radius 1 is 1.24 bits per heavy atom. The predicted molar refractivity (Wildman–Crippen MR) is 88.2 cm³/mol. The van der Waals surface area contributed by atoms with Crippen LogP contribution in [0.3, 0.4) is 0 Å². The van der Waals surface area contributed by atoms with Crippen molar-refractivity contribution in [3.8, 4) is 6.07 Å². The molecule has 0 aromatic carbocycles. The van der Waals surface area contributed by atoms with E-state index in [1.807, 2.05) is 0 Å². The summed E-state index contributed by atoms with van der Waals surface area (Å²) in [4.78, 5) is 0. The van der Waals surface area contributed by atoms with Gasteiger partial charge in [0.2, 0.25) is 0 Å². The zero-order valence-electron chi connectivity index (χ0n) is 14.3. The van der Waals surface area contributed by atoms with Gasteiger partial charge in [0, 0.05) is 19.1 Å². The lowest BCUT2D eigenvalue weighted by Crippen LogP contribution is -2.52. The van der Waals surface area contributed by atoms with E-state index in [1.165, 1.54) is 32.1 Å². The van der Waals surface area contributed by atoms with Crippen LogP contribution in [0, 0.1) is 11.3 Å². The number of ether oxygens (including phenoxy) is 1. The Morgan fingerprint density at radius 3 is 2.62 bits per heavy atom. The Kier molecular flexibility index (Phi) is 8.96. The number of unbranched alkanes of at least 4 members (excludes halogenated alkanes) is 5. The highest BCUT2D eigenvalue weighted by Gasteiger charge is 2.37. The molecular formula is C18H34N2O. The topological polar surface area (TPSA) is 45.0 Å². The summed E-state index contributed by atoms with van der Waals surface area (Å²) in [6.45, 7) is 7.33. The lowest BCUT2D eigenvalue weighted by atomic mass is 9.80. The van der Waals surface area contributed by atoms with E-state index in [2.05, 4.69) is 32.2 Å². The molecule has 0 amide bonds. The maximum atomic E-state index is 9.53. The summed E-state index contributed by atoms with van der Waals surface area (Å²) in [6, 6.07) is 2.86. The first-order chi connectivity index (χ1) is 10.1. The van der Waals surface area contributed by atoms with Crippen molar-refractivity contribution in [3.05, 3.63) is 0 Å². The number of hydrogen-bond acceptors (Lipinski definition) is 3. The van der Waals surface area contributed by atoms with Crippen LogP contribution in [0.4, 0.5) is 0 Å². The van der Waals surface area contributed by atoms with Crippen LogP contribution < -0.4 is 5.32 Å². The fraction of sp³-hybridized carbons (Fsp3) is 0.944. The molecule has 3 nitrogen and oxygen atoms in total. The van der Waals surface area contributed by atoms with Crippen molar-refractivity contribution >= 4 is 0 Å². The summed E-state index contributed by atoms with van der Waals surface area (Å²) in [5, 5.41) is 13.0. The smallest absolute Gasteiger partial charge is 0.109 e. The minimum Gasteiger partial charge on any atom is -0.378 e. The normalized spacial score (nSPS) is 26.0. The first-order valence-electron chi connectivity index (χ1n) is 8.92. The molecule has 0 heterocycles. The van der Waals surface area contributed by atoms with Crippen LogP contribution in [0.25, 0.3) is 0 Å². The Morgan fingerprint density at radius 2 is 1.95 bits per heavy atom. The largest absolute Gasteiger partial charge is 0.378 e. The number of hydrogen-bond donors (Lipinski definition) is 1. The molecule has 21 heavy (non-hydrogen) atoms. The van der Waals surface area contributed by atoms with Crippen LogP contribution in [0.5, 0.6) is 0 Å². The van der Waals surface area contributed by atoms with E-state index in [4.69, 9.17) is 4.74 Å². The molecule has 1 rings (SSSR count). The molecule has 0 aliphatic heterocycles. The third-order valence-corrected chi connectivity index (χ3v) is 4.34. The SMILES string of the molecule is CCCCCCCCOC1CCCC(C#N)(NC(C)C)C1. The quantitative estimate of drug-likeness (QED) is 0.600. The van der Waals surface area contributed by atoms with Crippen molar-refractivity contribution in [1.29, 1.82) is 5.26 Å². The van der Waals surface area contributed by atoms with Gasteiger partial charge in [0.15, 0.2) is 0 Å². The summed E-state index contributed by atoms with van der Waals surface area (Å²) in [6.07, 6.45) is 12.1. The number of nitrogens with zero attached hydrogens (tertiary/aromatic N) is 1. The standard InChI is InChI=1S/C18H34N2O/c1-4-5-6-7-8-9-13-21-17-11-10-12-18(14-17,15-19)20-16(2)3/h16-17,20H,4-14H2,1-3H3. The molecule has 1 N–H and O–H groups in total. The number of nitriles is 1. The molecule has 1 aliphatic carbocycles. The van der Waals surface area contributed by atoms with E-state index in [-0.39, 0.29) is 11.6 Å². The van der Waals surface area contributed by atoms with Crippen molar-refractivity contribution in [2.75, 3.05) is 6.61 Å². The highest BCUT2D eigenvalue weighted by molar-refractivity contribution is 5.10. The fourth-order valence-electron chi connectivity index (χ4n) is 3.32. The first kappa shape index (κ1) is 18.5. The van der Waals surface area contributed by atoms with Crippen molar-refractivity contribution in [1.82, 2.24) is 5.32 Å². The molecule has 2 atom stereocenters. The zero-order chi connectivity index (χ0) is 15.6. The molecule has 0 saturated heterocycles. The average molecular weight is 294 g/mol. The van der Waals surface area contributed by atoms with Crippen molar-refractivity contribution in [2.45, 2.75) is 103 Å². The van der Waals surface area contributed by atoms with Gasteiger partial charge in [-0.2, -0.15) is 5.26 Å².